The summed E-state index contributed by atoms with van der Waals surface area (Å²) in [6, 6.07) is 7.69. The highest BCUT2D eigenvalue weighted by Gasteiger charge is 2.10. The van der Waals surface area contributed by atoms with Crippen LogP contribution in [0.4, 0.5) is 14.9 Å². The predicted molar refractivity (Wildman–Crippen MR) is 80.1 cm³/mol. The largest absolute Gasteiger partial charge is 0.387 e. The molecule has 1 unspecified atom stereocenters. The van der Waals surface area contributed by atoms with Gasteiger partial charge in [0.2, 0.25) is 5.56 Å². The number of rotatable bonds is 4. The van der Waals surface area contributed by atoms with Crippen LogP contribution in [-0.4, -0.2) is 22.2 Å². The zero-order valence-electron chi connectivity index (χ0n) is 11.9. The number of aliphatic hydroxyl groups excluding tert-OH is 1. The molecule has 0 bridgehead atoms. The number of hydrogen-bond acceptors (Lipinski definition) is 3. The third-order valence-corrected chi connectivity index (χ3v) is 3.05. The molecule has 22 heavy (non-hydrogen) atoms. The van der Waals surface area contributed by atoms with Gasteiger partial charge in [0, 0.05) is 25.9 Å². The van der Waals surface area contributed by atoms with Gasteiger partial charge in [0.1, 0.15) is 5.82 Å². The molecule has 2 aromatic rings. The van der Waals surface area contributed by atoms with E-state index in [0.29, 0.717) is 11.3 Å². The average molecular weight is 305 g/mol. The first-order valence-electron chi connectivity index (χ1n) is 6.61. The molecule has 0 aliphatic rings. The summed E-state index contributed by atoms with van der Waals surface area (Å²) in [6.45, 7) is -0.0246. The van der Waals surface area contributed by atoms with Crippen molar-refractivity contribution >= 4 is 11.7 Å². The molecule has 3 N–H and O–H groups in total. The van der Waals surface area contributed by atoms with Crippen LogP contribution in [0.2, 0.25) is 0 Å². The maximum atomic E-state index is 12.8. The molecule has 6 nitrogen and oxygen atoms in total. The monoisotopic (exact) mass is 305 g/mol. The van der Waals surface area contributed by atoms with Crippen LogP contribution in [0.5, 0.6) is 0 Å². The molecular formula is C15H16FN3O3. The minimum absolute atomic E-state index is 0.0246. The van der Waals surface area contributed by atoms with Crippen LogP contribution in [0.1, 0.15) is 11.7 Å². The maximum absolute atomic E-state index is 12.8. The van der Waals surface area contributed by atoms with Gasteiger partial charge in [0.05, 0.1) is 11.8 Å². The maximum Gasteiger partial charge on any atom is 0.319 e. The number of amides is 2. The van der Waals surface area contributed by atoms with Crippen molar-refractivity contribution in [1.82, 2.24) is 9.88 Å². The Bertz CT molecular complexity index is 713. The molecule has 2 amide bonds. The van der Waals surface area contributed by atoms with Crippen LogP contribution >= 0.6 is 0 Å². The lowest BCUT2D eigenvalue weighted by molar-refractivity contribution is 0.175. The highest BCUT2D eigenvalue weighted by molar-refractivity contribution is 5.88. The second-order valence-corrected chi connectivity index (χ2v) is 4.77. The fourth-order valence-electron chi connectivity index (χ4n) is 1.84. The van der Waals surface area contributed by atoms with Gasteiger partial charge in [-0.05, 0) is 23.8 Å². The first-order valence-corrected chi connectivity index (χ1v) is 6.61. The van der Waals surface area contributed by atoms with E-state index < -0.39 is 18.0 Å². The van der Waals surface area contributed by atoms with Gasteiger partial charge in [0.15, 0.2) is 0 Å². The molecule has 0 saturated carbocycles. The lowest BCUT2D eigenvalue weighted by atomic mass is 10.1. The molecular weight excluding hydrogens is 289 g/mol. The highest BCUT2D eigenvalue weighted by Crippen LogP contribution is 2.12. The number of halogens is 1. The van der Waals surface area contributed by atoms with Gasteiger partial charge in [-0.2, -0.15) is 0 Å². The van der Waals surface area contributed by atoms with E-state index in [0.717, 1.165) is 0 Å². The van der Waals surface area contributed by atoms with Gasteiger partial charge in [-0.25, -0.2) is 9.18 Å². The lowest BCUT2D eigenvalue weighted by Gasteiger charge is -2.13. The molecule has 1 heterocycles. The van der Waals surface area contributed by atoms with E-state index in [1.165, 1.54) is 47.2 Å². The van der Waals surface area contributed by atoms with Gasteiger partial charge >= 0.3 is 6.03 Å². The molecule has 0 aliphatic carbocycles. The first-order chi connectivity index (χ1) is 10.5. The third-order valence-electron chi connectivity index (χ3n) is 3.05. The zero-order valence-corrected chi connectivity index (χ0v) is 11.9. The predicted octanol–water partition coefficient (Wildman–Crippen LogP) is 1.38. The number of aromatic nitrogens is 1. The Balaban J connectivity index is 1.88. The number of urea groups is 1. The molecule has 1 atom stereocenters. The number of nitrogens with zero attached hydrogens (tertiary/aromatic N) is 1. The fourth-order valence-corrected chi connectivity index (χ4v) is 1.84. The SMILES string of the molecule is Cn1cc(NC(=O)NCC(O)c2ccc(F)cc2)ccc1=O. The number of carbonyl (C=O) groups is 1. The number of hydrogen-bond donors (Lipinski definition) is 3. The molecule has 0 radical (unpaired) electrons. The minimum Gasteiger partial charge on any atom is -0.387 e. The molecule has 0 aliphatic heterocycles. The van der Waals surface area contributed by atoms with Crippen molar-refractivity contribution in [2.24, 2.45) is 7.05 Å². The number of aliphatic hydroxyl groups is 1. The van der Waals surface area contributed by atoms with E-state index in [9.17, 15) is 19.1 Å². The second kappa shape index (κ2) is 6.86. The van der Waals surface area contributed by atoms with Gasteiger partial charge in [-0.1, -0.05) is 12.1 Å². The summed E-state index contributed by atoms with van der Waals surface area (Å²) >= 11 is 0. The zero-order chi connectivity index (χ0) is 16.1. The summed E-state index contributed by atoms with van der Waals surface area (Å²) in [6.07, 6.45) is 0.546. The Morgan fingerprint density at radius 3 is 2.59 bits per heavy atom. The van der Waals surface area contributed by atoms with E-state index in [1.807, 2.05) is 0 Å². The third kappa shape index (κ3) is 4.16. The normalized spacial score (nSPS) is 11.8. The first kappa shape index (κ1) is 15.7. The Hall–Kier alpha value is -2.67. The molecule has 0 saturated heterocycles. The molecule has 0 spiro atoms. The summed E-state index contributed by atoms with van der Waals surface area (Å²) in [7, 11) is 1.57. The van der Waals surface area contributed by atoms with Crippen molar-refractivity contribution < 1.29 is 14.3 Å². The lowest BCUT2D eigenvalue weighted by Crippen LogP contribution is -2.32. The smallest absolute Gasteiger partial charge is 0.319 e. The number of benzene rings is 1. The molecule has 116 valence electrons. The summed E-state index contributed by atoms with van der Waals surface area (Å²) in [5.41, 5.74) is 0.775. The van der Waals surface area contributed by atoms with Gasteiger partial charge < -0.3 is 20.3 Å². The van der Waals surface area contributed by atoms with Crippen LogP contribution in [0, 0.1) is 5.82 Å². The van der Waals surface area contributed by atoms with E-state index in [2.05, 4.69) is 10.6 Å². The van der Waals surface area contributed by atoms with Crippen molar-refractivity contribution in [3.05, 3.63) is 64.3 Å². The number of anilines is 1. The van der Waals surface area contributed by atoms with Crippen molar-refractivity contribution in [1.29, 1.82) is 0 Å². The second-order valence-electron chi connectivity index (χ2n) is 4.77. The van der Waals surface area contributed by atoms with E-state index in [4.69, 9.17) is 0 Å². The van der Waals surface area contributed by atoms with Gasteiger partial charge in [0.25, 0.3) is 0 Å². The Labute approximate surface area is 126 Å². The van der Waals surface area contributed by atoms with E-state index in [-0.39, 0.29) is 12.1 Å². The molecule has 1 aromatic carbocycles. The van der Waals surface area contributed by atoms with Crippen LogP contribution in [0.3, 0.4) is 0 Å². The quantitative estimate of drug-likeness (QED) is 0.798. The molecule has 2 rings (SSSR count). The van der Waals surface area contributed by atoms with Crippen LogP contribution in [0.15, 0.2) is 47.4 Å². The molecule has 1 aromatic heterocycles. The topological polar surface area (TPSA) is 83.4 Å². The van der Waals surface area contributed by atoms with Crippen molar-refractivity contribution in [2.45, 2.75) is 6.10 Å². The number of nitrogens with one attached hydrogen (secondary N) is 2. The summed E-state index contributed by atoms with van der Waals surface area (Å²) < 4.78 is 14.1. The summed E-state index contributed by atoms with van der Waals surface area (Å²) in [5, 5.41) is 14.9. The summed E-state index contributed by atoms with van der Waals surface area (Å²) in [4.78, 5) is 22.9. The minimum atomic E-state index is -0.938. The molecule has 7 heteroatoms. The van der Waals surface area contributed by atoms with Crippen molar-refractivity contribution in [3.8, 4) is 0 Å². The van der Waals surface area contributed by atoms with Gasteiger partial charge in [-0.3, -0.25) is 4.79 Å². The van der Waals surface area contributed by atoms with Gasteiger partial charge in [-0.15, -0.1) is 0 Å². The number of carbonyl (C=O) groups excluding carboxylic acids is 1. The Morgan fingerprint density at radius 2 is 1.95 bits per heavy atom. The standard InChI is InChI=1S/C15H16FN3O3/c1-19-9-12(6-7-14(19)21)18-15(22)17-8-13(20)10-2-4-11(16)5-3-10/h2-7,9,13,20H,8H2,1H3,(H2,17,18,22). The highest BCUT2D eigenvalue weighted by atomic mass is 19.1. The Morgan fingerprint density at radius 1 is 1.27 bits per heavy atom. The van der Waals surface area contributed by atoms with Crippen molar-refractivity contribution in [3.63, 3.8) is 0 Å². The van der Waals surface area contributed by atoms with Crippen LogP contribution < -0.4 is 16.2 Å². The van der Waals surface area contributed by atoms with Crippen molar-refractivity contribution in [2.75, 3.05) is 11.9 Å². The van der Waals surface area contributed by atoms with E-state index >= 15 is 0 Å². The average Bonchev–Trinajstić information content (AvgIpc) is 2.49. The number of aryl methyl sites for hydroxylation is 1. The summed E-state index contributed by atoms with van der Waals surface area (Å²) in [5.74, 6) is -0.392. The molecule has 0 fully saturated rings. The fraction of sp³-hybridized carbons (Fsp3) is 0.200. The van der Waals surface area contributed by atoms with E-state index in [1.54, 1.807) is 7.05 Å². The van der Waals surface area contributed by atoms with Crippen LogP contribution in [-0.2, 0) is 7.05 Å². The Kier molecular flexibility index (Phi) is 4.90. The number of pyridine rings is 1. The van der Waals surface area contributed by atoms with Crippen LogP contribution in [0.25, 0.3) is 0 Å².